The molecule has 0 radical (unpaired) electrons. The molecule has 74 valence electrons. The molecule has 0 N–H and O–H groups in total. The molecule has 0 spiro atoms. The van der Waals surface area contributed by atoms with Crippen molar-refractivity contribution < 1.29 is 9.15 Å². The highest BCUT2D eigenvalue weighted by atomic mass is 32.1. The van der Waals surface area contributed by atoms with Gasteiger partial charge in [-0.2, -0.15) is 22.0 Å². The van der Waals surface area contributed by atoms with Gasteiger partial charge in [-0.1, -0.05) is 0 Å². The molecule has 0 saturated carbocycles. The van der Waals surface area contributed by atoms with E-state index in [1.54, 1.807) is 12.5 Å². The number of hydrogen-bond donors (Lipinski definition) is 1. The summed E-state index contributed by atoms with van der Waals surface area (Å²) in [7, 11) is 0. The summed E-state index contributed by atoms with van der Waals surface area (Å²) in [6.45, 7) is 0.456. The van der Waals surface area contributed by atoms with Crippen LogP contribution in [0.2, 0.25) is 0 Å². The number of aromatic nitrogens is 2. The number of ether oxygens (including phenoxy) is 1. The molecule has 2 aromatic heterocycles. The minimum Gasteiger partial charge on any atom is -0.472 e. The average Bonchev–Trinajstić information content (AvgIpc) is 2.86. The van der Waals surface area contributed by atoms with Crippen molar-refractivity contribution in [1.29, 1.82) is 0 Å². The van der Waals surface area contributed by atoms with Gasteiger partial charge < -0.3 is 9.15 Å². The molecule has 0 aromatic carbocycles. The maximum absolute atomic E-state index is 5.38. The van der Waals surface area contributed by atoms with Crippen molar-refractivity contribution in [3.8, 4) is 5.19 Å². The third kappa shape index (κ3) is 2.27. The van der Waals surface area contributed by atoms with Crippen molar-refractivity contribution in [1.82, 2.24) is 9.36 Å². The molecule has 2 heterocycles. The highest BCUT2D eigenvalue weighted by molar-refractivity contribution is 7.79. The predicted octanol–water partition coefficient (Wildman–Crippen LogP) is 2.14. The number of rotatable bonds is 4. The first kappa shape index (κ1) is 9.54. The molecule has 0 unspecified atom stereocenters. The molecule has 0 bridgehead atoms. The summed E-state index contributed by atoms with van der Waals surface area (Å²) in [5.41, 5.74) is 0.979. The van der Waals surface area contributed by atoms with Gasteiger partial charge in [0.05, 0.1) is 18.3 Å². The summed E-state index contributed by atoms with van der Waals surface area (Å²) in [5, 5.41) is 0.565. The Morgan fingerprint density at radius 2 is 2.50 bits per heavy atom. The van der Waals surface area contributed by atoms with Crippen molar-refractivity contribution in [3.63, 3.8) is 0 Å². The lowest BCUT2D eigenvalue weighted by molar-refractivity contribution is 0.302. The molecule has 4 nitrogen and oxygen atoms in total. The van der Waals surface area contributed by atoms with E-state index in [1.165, 1.54) is 11.5 Å². The second kappa shape index (κ2) is 4.47. The topological polar surface area (TPSA) is 48.2 Å². The van der Waals surface area contributed by atoms with E-state index in [9.17, 15) is 0 Å². The van der Waals surface area contributed by atoms with Gasteiger partial charge in [0, 0.05) is 17.1 Å². The van der Waals surface area contributed by atoms with Gasteiger partial charge in [-0.25, -0.2) is 0 Å². The fourth-order valence-corrected chi connectivity index (χ4v) is 1.66. The van der Waals surface area contributed by atoms with E-state index in [-0.39, 0.29) is 0 Å². The molecule has 2 rings (SSSR count). The smallest absolute Gasteiger partial charge is 0.293 e. The third-order valence-electron chi connectivity index (χ3n) is 1.53. The van der Waals surface area contributed by atoms with Crippen molar-refractivity contribution in [3.05, 3.63) is 30.0 Å². The molecule has 0 amide bonds. The van der Waals surface area contributed by atoms with Gasteiger partial charge in [-0.05, 0) is 6.07 Å². The molecule has 0 atom stereocenters. The summed E-state index contributed by atoms with van der Waals surface area (Å²) in [5.74, 6) is 1.23. The monoisotopic (exact) mass is 228 g/mol. The SMILES string of the molecule is SCc1nsc(OCc2ccoc2)n1. The Bertz CT molecular complexity index is 386. The van der Waals surface area contributed by atoms with Gasteiger partial charge in [0.15, 0.2) is 5.82 Å². The van der Waals surface area contributed by atoms with E-state index < -0.39 is 0 Å². The highest BCUT2D eigenvalue weighted by Crippen LogP contribution is 2.16. The van der Waals surface area contributed by atoms with Gasteiger partial charge in [0.2, 0.25) is 0 Å². The Labute approximate surface area is 90.5 Å². The van der Waals surface area contributed by atoms with Gasteiger partial charge in [0.25, 0.3) is 5.19 Å². The maximum Gasteiger partial charge on any atom is 0.293 e. The summed E-state index contributed by atoms with van der Waals surface area (Å²) < 4.78 is 14.3. The van der Waals surface area contributed by atoms with E-state index >= 15 is 0 Å². The second-order valence-electron chi connectivity index (χ2n) is 2.55. The van der Waals surface area contributed by atoms with Crippen LogP contribution < -0.4 is 4.74 Å². The zero-order chi connectivity index (χ0) is 9.80. The predicted molar refractivity (Wildman–Crippen MR) is 55.6 cm³/mol. The van der Waals surface area contributed by atoms with E-state index in [1.807, 2.05) is 6.07 Å². The number of furan rings is 1. The minimum atomic E-state index is 0.456. The standard InChI is InChI=1S/C8H8N2O2S2/c13-5-7-9-8(14-10-7)12-4-6-1-2-11-3-6/h1-3,13H,4-5H2. The van der Waals surface area contributed by atoms with E-state index in [2.05, 4.69) is 22.0 Å². The Hall–Kier alpha value is -1.01. The van der Waals surface area contributed by atoms with E-state index in [0.29, 0.717) is 23.4 Å². The summed E-state index contributed by atoms with van der Waals surface area (Å²) in [4.78, 5) is 4.11. The van der Waals surface area contributed by atoms with Gasteiger partial charge in [-0.15, -0.1) is 0 Å². The van der Waals surface area contributed by atoms with Crippen LogP contribution in [0.4, 0.5) is 0 Å². The lowest BCUT2D eigenvalue weighted by atomic mass is 10.4. The van der Waals surface area contributed by atoms with Crippen LogP contribution in [0, 0.1) is 0 Å². The van der Waals surface area contributed by atoms with Crippen LogP contribution in [0.1, 0.15) is 11.4 Å². The zero-order valence-electron chi connectivity index (χ0n) is 7.21. The maximum atomic E-state index is 5.38. The fourth-order valence-electron chi connectivity index (χ4n) is 0.881. The van der Waals surface area contributed by atoms with Crippen molar-refractivity contribution >= 4 is 24.2 Å². The van der Waals surface area contributed by atoms with E-state index in [0.717, 1.165) is 5.56 Å². The molecule has 0 saturated heterocycles. The molecule has 14 heavy (non-hydrogen) atoms. The molecular weight excluding hydrogens is 220 g/mol. The third-order valence-corrected chi connectivity index (χ3v) is 2.48. The fraction of sp³-hybridized carbons (Fsp3) is 0.250. The van der Waals surface area contributed by atoms with E-state index in [4.69, 9.17) is 9.15 Å². The normalized spacial score (nSPS) is 10.4. The lowest BCUT2D eigenvalue weighted by Crippen LogP contribution is -1.93. The zero-order valence-corrected chi connectivity index (χ0v) is 8.92. The quantitative estimate of drug-likeness (QED) is 0.814. The molecule has 0 aliphatic rings. The largest absolute Gasteiger partial charge is 0.472 e. The second-order valence-corrected chi connectivity index (χ2v) is 3.59. The van der Waals surface area contributed by atoms with Crippen LogP contribution in [-0.4, -0.2) is 9.36 Å². The average molecular weight is 228 g/mol. The Balaban J connectivity index is 1.92. The van der Waals surface area contributed by atoms with Crippen molar-refractivity contribution in [2.75, 3.05) is 0 Å². The minimum absolute atomic E-state index is 0.456. The highest BCUT2D eigenvalue weighted by Gasteiger charge is 2.03. The van der Waals surface area contributed by atoms with Crippen LogP contribution in [0.5, 0.6) is 5.19 Å². The van der Waals surface area contributed by atoms with Crippen LogP contribution in [0.3, 0.4) is 0 Å². The van der Waals surface area contributed by atoms with Crippen LogP contribution in [0.15, 0.2) is 23.0 Å². The van der Waals surface area contributed by atoms with Crippen molar-refractivity contribution in [2.45, 2.75) is 12.4 Å². The molecule has 0 aliphatic carbocycles. The molecule has 6 heteroatoms. The Kier molecular flexibility index (Phi) is 3.05. The molecule has 0 fully saturated rings. The van der Waals surface area contributed by atoms with Gasteiger partial charge in [0.1, 0.15) is 6.61 Å². The molecule has 2 aromatic rings. The first-order valence-corrected chi connectivity index (χ1v) is 5.36. The summed E-state index contributed by atoms with van der Waals surface area (Å²) >= 11 is 5.30. The van der Waals surface area contributed by atoms with Gasteiger partial charge >= 0.3 is 0 Å². The first-order valence-electron chi connectivity index (χ1n) is 3.96. The summed E-state index contributed by atoms with van der Waals surface area (Å²) in [6.07, 6.45) is 3.25. The number of hydrogen-bond acceptors (Lipinski definition) is 6. The van der Waals surface area contributed by atoms with Gasteiger partial charge in [-0.3, -0.25) is 0 Å². The number of thiol groups is 1. The summed E-state index contributed by atoms with van der Waals surface area (Å²) in [6, 6.07) is 1.85. The molecular formula is C8H8N2O2S2. The van der Waals surface area contributed by atoms with Crippen LogP contribution >= 0.6 is 24.2 Å². The van der Waals surface area contributed by atoms with Crippen LogP contribution in [0.25, 0.3) is 0 Å². The number of nitrogens with zero attached hydrogens (tertiary/aromatic N) is 2. The van der Waals surface area contributed by atoms with Crippen LogP contribution in [-0.2, 0) is 12.4 Å². The van der Waals surface area contributed by atoms with Crippen molar-refractivity contribution in [2.24, 2.45) is 0 Å². The first-order chi connectivity index (χ1) is 6.88. The molecule has 0 aliphatic heterocycles. The lowest BCUT2D eigenvalue weighted by Gasteiger charge is -1.96. The Morgan fingerprint density at radius 3 is 3.14 bits per heavy atom. The Morgan fingerprint density at radius 1 is 1.57 bits per heavy atom.